The molecular formula is C12H19NO. The molecule has 2 N–H and O–H groups in total. The van der Waals surface area contributed by atoms with Crippen LogP contribution in [0.5, 0.6) is 0 Å². The largest absolute Gasteiger partial charge is 0.412 e. The highest BCUT2D eigenvalue weighted by atomic mass is 16.0. The summed E-state index contributed by atoms with van der Waals surface area (Å²) in [5.74, 6) is 0. The Morgan fingerprint density at radius 1 is 1.21 bits per heavy atom. The van der Waals surface area contributed by atoms with Crippen LogP contribution >= 0.6 is 0 Å². The summed E-state index contributed by atoms with van der Waals surface area (Å²) in [7, 11) is 0. The summed E-state index contributed by atoms with van der Waals surface area (Å²) in [5, 5.41) is 0. The van der Waals surface area contributed by atoms with Crippen molar-refractivity contribution in [2.45, 2.75) is 33.1 Å². The number of hydrogen-bond donors (Lipinski definition) is 0. The minimum absolute atomic E-state index is 0. The maximum absolute atomic E-state index is 4.27. The lowest BCUT2D eigenvalue weighted by Crippen LogP contribution is -1.91. The van der Waals surface area contributed by atoms with Crippen LogP contribution in [0.15, 0.2) is 29.3 Å². The number of aliphatic imine (C=N–C) groups is 1. The summed E-state index contributed by atoms with van der Waals surface area (Å²) in [6.45, 7) is 4.25. The molecule has 1 aromatic carbocycles. The zero-order valence-corrected chi connectivity index (χ0v) is 8.96. The molecule has 1 aliphatic heterocycles. The van der Waals surface area contributed by atoms with Gasteiger partial charge >= 0.3 is 0 Å². The van der Waals surface area contributed by atoms with Gasteiger partial charge in [-0.1, -0.05) is 38.5 Å². The second kappa shape index (κ2) is 7.27. The molecule has 2 rings (SSSR count). The number of fused-ring (bicyclic) bond motifs is 1. The fourth-order valence-electron chi connectivity index (χ4n) is 1.23. The van der Waals surface area contributed by atoms with Crippen molar-refractivity contribution >= 4 is 11.9 Å². The van der Waals surface area contributed by atoms with Gasteiger partial charge in [-0.2, -0.15) is 0 Å². The quantitative estimate of drug-likeness (QED) is 0.608. The Morgan fingerprint density at radius 2 is 1.86 bits per heavy atom. The van der Waals surface area contributed by atoms with E-state index in [2.05, 4.69) is 37.0 Å². The molecule has 0 atom stereocenters. The predicted octanol–water partition coefficient (Wildman–Crippen LogP) is 2.93. The monoisotopic (exact) mass is 193 g/mol. The number of aryl methyl sites for hydroxylation is 1. The topological polar surface area (TPSA) is 43.9 Å². The van der Waals surface area contributed by atoms with Crippen molar-refractivity contribution in [3.63, 3.8) is 0 Å². The third-order valence-electron chi connectivity index (χ3n) is 1.76. The molecule has 1 heterocycles. The van der Waals surface area contributed by atoms with E-state index in [-0.39, 0.29) is 5.48 Å². The Balaban J connectivity index is 0.000000381. The van der Waals surface area contributed by atoms with Crippen LogP contribution in [0, 0.1) is 0 Å². The van der Waals surface area contributed by atoms with Gasteiger partial charge in [0.1, 0.15) is 0 Å². The maximum Gasteiger partial charge on any atom is 0.0657 e. The van der Waals surface area contributed by atoms with Crippen molar-refractivity contribution in [1.82, 2.24) is 0 Å². The SMILES string of the molecule is C1=Nc2ccccc2CC1.CCC.O. The standard InChI is InChI=1S/C9H9N.C3H8.H2O/c1-2-6-9-8(4-1)5-3-7-10-9;1-3-2;/h1-2,4,6-7H,3,5H2;3H2,1-2H3;1H2. The molecule has 0 fully saturated rings. The minimum atomic E-state index is 0. The van der Waals surface area contributed by atoms with Gasteiger partial charge in [-0.3, -0.25) is 4.99 Å². The van der Waals surface area contributed by atoms with Crippen LogP contribution in [0.2, 0.25) is 0 Å². The average molecular weight is 193 g/mol. The third kappa shape index (κ3) is 3.71. The molecule has 0 saturated heterocycles. The van der Waals surface area contributed by atoms with E-state index in [4.69, 9.17) is 0 Å². The molecule has 0 aromatic heterocycles. The van der Waals surface area contributed by atoms with E-state index in [1.54, 1.807) is 0 Å². The van der Waals surface area contributed by atoms with Crippen molar-refractivity contribution in [3.8, 4) is 0 Å². The Bertz CT molecular complexity index is 281. The summed E-state index contributed by atoms with van der Waals surface area (Å²) >= 11 is 0. The van der Waals surface area contributed by atoms with Gasteiger partial charge in [-0.25, -0.2) is 0 Å². The molecule has 0 saturated carbocycles. The minimum Gasteiger partial charge on any atom is -0.412 e. The fraction of sp³-hybridized carbons (Fsp3) is 0.417. The number of nitrogens with zero attached hydrogens (tertiary/aromatic N) is 1. The smallest absolute Gasteiger partial charge is 0.0657 e. The van der Waals surface area contributed by atoms with Gasteiger partial charge in [0.25, 0.3) is 0 Å². The van der Waals surface area contributed by atoms with E-state index < -0.39 is 0 Å². The first-order valence-electron chi connectivity index (χ1n) is 4.99. The molecule has 0 radical (unpaired) electrons. The van der Waals surface area contributed by atoms with Gasteiger partial charge < -0.3 is 5.48 Å². The van der Waals surface area contributed by atoms with E-state index >= 15 is 0 Å². The number of para-hydroxylation sites is 1. The number of benzene rings is 1. The average Bonchev–Trinajstić information content (AvgIpc) is 2.19. The Kier molecular flexibility index (Phi) is 6.68. The first-order chi connectivity index (χ1) is 6.38. The van der Waals surface area contributed by atoms with E-state index in [1.807, 2.05) is 12.3 Å². The molecule has 1 aliphatic rings. The van der Waals surface area contributed by atoms with E-state index in [0.717, 1.165) is 18.5 Å². The Hall–Kier alpha value is -1.15. The van der Waals surface area contributed by atoms with Crippen LogP contribution < -0.4 is 0 Å². The second-order valence-electron chi connectivity index (χ2n) is 3.19. The predicted molar refractivity (Wildman–Crippen MR) is 62.5 cm³/mol. The zero-order valence-electron chi connectivity index (χ0n) is 8.96. The molecule has 0 unspecified atom stereocenters. The summed E-state index contributed by atoms with van der Waals surface area (Å²) in [4.78, 5) is 4.27. The lowest BCUT2D eigenvalue weighted by molar-refractivity contribution is 0.824. The molecule has 0 amide bonds. The normalized spacial score (nSPS) is 11.9. The first kappa shape index (κ1) is 12.8. The molecule has 2 heteroatoms. The van der Waals surface area contributed by atoms with Crippen molar-refractivity contribution < 1.29 is 5.48 Å². The lowest BCUT2D eigenvalue weighted by atomic mass is 10.1. The Morgan fingerprint density at radius 3 is 2.50 bits per heavy atom. The van der Waals surface area contributed by atoms with Crippen molar-refractivity contribution in [2.75, 3.05) is 0 Å². The van der Waals surface area contributed by atoms with Crippen molar-refractivity contribution in [3.05, 3.63) is 29.8 Å². The van der Waals surface area contributed by atoms with Crippen LogP contribution in [-0.4, -0.2) is 11.7 Å². The van der Waals surface area contributed by atoms with Crippen LogP contribution in [0.3, 0.4) is 0 Å². The number of hydrogen-bond acceptors (Lipinski definition) is 1. The van der Waals surface area contributed by atoms with Gasteiger partial charge in [0.15, 0.2) is 0 Å². The summed E-state index contributed by atoms with van der Waals surface area (Å²) in [6.07, 6.45) is 5.49. The lowest BCUT2D eigenvalue weighted by Gasteiger charge is -2.07. The molecule has 14 heavy (non-hydrogen) atoms. The van der Waals surface area contributed by atoms with Crippen LogP contribution in [0.1, 0.15) is 32.3 Å². The highest BCUT2D eigenvalue weighted by Gasteiger charge is 2.01. The van der Waals surface area contributed by atoms with Gasteiger partial charge in [-0.15, -0.1) is 0 Å². The molecule has 0 aliphatic carbocycles. The van der Waals surface area contributed by atoms with Crippen LogP contribution in [0.25, 0.3) is 0 Å². The van der Waals surface area contributed by atoms with Crippen LogP contribution in [-0.2, 0) is 6.42 Å². The fourth-order valence-corrected chi connectivity index (χ4v) is 1.23. The molecule has 78 valence electrons. The number of rotatable bonds is 0. The maximum atomic E-state index is 4.27. The van der Waals surface area contributed by atoms with E-state index in [9.17, 15) is 0 Å². The summed E-state index contributed by atoms with van der Waals surface area (Å²) in [5.41, 5.74) is 2.53. The highest BCUT2D eigenvalue weighted by molar-refractivity contribution is 5.68. The molecule has 0 spiro atoms. The zero-order chi connectivity index (χ0) is 9.52. The third-order valence-corrected chi connectivity index (χ3v) is 1.76. The highest BCUT2D eigenvalue weighted by Crippen LogP contribution is 2.22. The molecule has 1 aromatic rings. The molecular weight excluding hydrogens is 174 g/mol. The van der Waals surface area contributed by atoms with Crippen molar-refractivity contribution in [1.29, 1.82) is 0 Å². The van der Waals surface area contributed by atoms with Gasteiger partial charge in [0.2, 0.25) is 0 Å². The molecule has 2 nitrogen and oxygen atoms in total. The van der Waals surface area contributed by atoms with E-state index in [0.29, 0.717) is 0 Å². The summed E-state index contributed by atoms with van der Waals surface area (Å²) < 4.78 is 0. The second-order valence-corrected chi connectivity index (χ2v) is 3.19. The summed E-state index contributed by atoms with van der Waals surface area (Å²) in [6, 6.07) is 8.30. The molecule has 0 bridgehead atoms. The van der Waals surface area contributed by atoms with Crippen LogP contribution in [0.4, 0.5) is 5.69 Å². The van der Waals surface area contributed by atoms with Gasteiger partial charge in [-0.05, 0) is 24.5 Å². The first-order valence-corrected chi connectivity index (χ1v) is 4.99. The Labute approximate surface area is 86.0 Å². The van der Waals surface area contributed by atoms with Gasteiger partial charge in [0.05, 0.1) is 5.69 Å². The van der Waals surface area contributed by atoms with E-state index in [1.165, 1.54) is 12.0 Å². The van der Waals surface area contributed by atoms with Gasteiger partial charge in [0, 0.05) is 6.21 Å². The van der Waals surface area contributed by atoms with Crippen molar-refractivity contribution in [2.24, 2.45) is 4.99 Å².